The summed E-state index contributed by atoms with van der Waals surface area (Å²) >= 11 is 5.88. The van der Waals surface area contributed by atoms with Crippen molar-refractivity contribution in [3.8, 4) is 0 Å². The van der Waals surface area contributed by atoms with Crippen LogP contribution >= 0.6 is 11.6 Å². The molecule has 0 atom stereocenters. The van der Waals surface area contributed by atoms with Gasteiger partial charge >= 0.3 is 0 Å². The summed E-state index contributed by atoms with van der Waals surface area (Å²) in [5, 5.41) is 0.548. The quantitative estimate of drug-likeness (QED) is 0.893. The summed E-state index contributed by atoms with van der Waals surface area (Å²) in [7, 11) is -3.39. The Labute approximate surface area is 127 Å². The van der Waals surface area contributed by atoms with Crippen LogP contribution in [-0.4, -0.2) is 14.0 Å². The smallest absolute Gasteiger partial charge is 0.212 e. The predicted octanol–water partition coefficient (Wildman–Crippen LogP) is 3.97. The molecule has 0 aliphatic carbocycles. The van der Waals surface area contributed by atoms with Gasteiger partial charge in [0.25, 0.3) is 0 Å². The van der Waals surface area contributed by atoms with Gasteiger partial charge in [-0.05, 0) is 43.4 Å². The van der Waals surface area contributed by atoms with Crippen LogP contribution in [0.4, 0.5) is 0 Å². The molecule has 1 N–H and O–H groups in total. The second-order valence-corrected chi connectivity index (χ2v) is 9.27. The Kier molecular flexibility index (Phi) is 5.28. The molecule has 114 valence electrons. The molecule has 0 bridgehead atoms. The first-order valence-corrected chi connectivity index (χ1v) is 8.68. The predicted molar refractivity (Wildman–Crippen MR) is 85.4 cm³/mol. The largest absolute Gasteiger partial charge is 0.216 e. The van der Waals surface area contributed by atoms with Gasteiger partial charge in [-0.15, -0.1) is 0 Å². The Morgan fingerprint density at radius 1 is 1.15 bits per heavy atom. The zero-order chi connectivity index (χ0) is 15.6. The maximum Gasteiger partial charge on any atom is 0.216 e. The molecule has 5 heteroatoms. The Balaban J connectivity index is 2.80. The Hall–Kier alpha value is -0.580. The molecule has 0 aliphatic heterocycles. The number of sulfonamides is 1. The van der Waals surface area contributed by atoms with Crippen LogP contribution < -0.4 is 4.72 Å². The molecule has 3 nitrogen and oxygen atoms in total. The van der Waals surface area contributed by atoms with E-state index in [1.54, 1.807) is 24.3 Å². The molecule has 1 aromatic carbocycles. The van der Waals surface area contributed by atoms with Crippen molar-refractivity contribution in [2.75, 3.05) is 0 Å². The number of hydrogen-bond acceptors (Lipinski definition) is 2. The van der Waals surface area contributed by atoms with Gasteiger partial charge in [-0.1, -0.05) is 44.5 Å². The van der Waals surface area contributed by atoms with Gasteiger partial charge < -0.3 is 0 Å². The highest BCUT2D eigenvalue weighted by Crippen LogP contribution is 2.27. The van der Waals surface area contributed by atoms with E-state index in [2.05, 4.69) is 25.5 Å². The lowest BCUT2D eigenvalue weighted by molar-refractivity contribution is 0.269. The average Bonchev–Trinajstić information content (AvgIpc) is 2.08. The number of hydrogen-bond donors (Lipinski definition) is 1. The first-order valence-electron chi connectivity index (χ1n) is 6.65. The van der Waals surface area contributed by atoms with Gasteiger partial charge in [0, 0.05) is 10.6 Å². The number of nitrogens with one attached hydrogen (secondary N) is 1. The van der Waals surface area contributed by atoms with E-state index in [0.717, 1.165) is 6.42 Å². The van der Waals surface area contributed by atoms with E-state index in [1.807, 2.05) is 13.8 Å². The molecule has 0 radical (unpaired) electrons. The van der Waals surface area contributed by atoms with E-state index in [1.165, 1.54) is 0 Å². The van der Waals surface area contributed by atoms with Crippen LogP contribution in [0.15, 0.2) is 24.3 Å². The molecule has 0 unspecified atom stereocenters. The van der Waals surface area contributed by atoms with Gasteiger partial charge in [-0.2, -0.15) is 0 Å². The molecule has 1 rings (SSSR count). The van der Waals surface area contributed by atoms with Crippen molar-refractivity contribution in [2.45, 2.75) is 52.3 Å². The zero-order valence-corrected chi connectivity index (χ0v) is 14.4. The lowest BCUT2D eigenvalue weighted by Crippen LogP contribution is -2.46. The molecule has 0 heterocycles. The SMILES string of the molecule is CC(C)(C)CC(C)(C)NS(=O)(=O)Cc1cccc(Cl)c1. The van der Waals surface area contributed by atoms with Gasteiger partial charge in [-0.25, -0.2) is 13.1 Å². The highest BCUT2D eigenvalue weighted by Gasteiger charge is 2.29. The second-order valence-electron chi connectivity index (χ2n) is 7.11. The van der Waals surface area contributed by atoms with Crippen LogP contribution in [-0.2, 0) is 15.8 Å². The first kappa shape index (κ1) is 17.5. The van der Waals surface area contributed by atoms with Crippen molar-refractivity contribution < 1.29 is 8.42 Å². The van der Waals surface area contributed by atoms with Crippen molar-refractivity contribution in [1.29, 1.82) is 0 Å². The van der Waals surface area contributed by atoms with Crippen molar-refractivity contribution in [3.63, 3.8) is 0 Å². The third-order valence-electron chi connectivity index (χ3n) is 2.65. The third-order valence-corrected chi connectivity index (χ3v) is 4.46. The number of benzene rings is 1. The minimum Gasteiger partial charge on any atom is -0.212 e. The molecule has 0 saturated heterocycles. The molecule has 0 spiro atoms. The van der Waals surface area contributed by atoms with Gasteiger partial charge in [-0.3, -0.25) is 0 Å². The normalized spacial score (nSPS) is 13.5. The van der Waals surface area contributed by atoms with E-state index >= 15 is 0 Å². The highest BCUT2D eigenvalue weighted by molar-refractivity contribution is 7.88. The maximum atomic E-state index is 12.3. The standard InChI is InChI=1S/C15H24ClNO2S/c1-14(2,3)11-15(4,5)17-20(18,19)10-12-7-6-8-13(16)9-12/h6-9,17H,10-11H2,1-5H3. The Morgan fingerprint density at radius 3 is 2.25 bits per heavy atom. The number of halogens is 1. The van der Waals surface area contributed by atoms with Crippen molar-refractivity contribution in [2.24, 2.45) is 5.41 Å². The molecular formula is C15H24ClNO2S. The maximum absolute atomic E-state index is 12.3. The molecule has 0 aromatic heterocycles. The fourth-order valence-electron chi connectivity index (χ4n) is 2.67. The number of rotatable bonds is 5. The van der Waals surface area contributed by atoms with Crippen LogP contribution in [0.1, 0.15) is 46.6 Å². The fourth-order valence-corrected chi connectivity index (χ4v) is 4.48. The van der Waals surface area contributed by atoms with Crippen LogP contribution in [0.3, 0.4) is 0 Å². The highest BCUT2D eigenvalue weighted by atomic mass is 35.5. The van der Waals surface area contributed by atoms with Crippen LogP contribution in [0, 0.1) is 5.41 Å². The Bertz CT molecular complexity index is 559. The van der Waals surface area contributed by atoms with Gasteiger partial charge in [0.05, 0.1) is 5.75 Å². The Morgan fingerprint density at radius 2 is 1.75 bits per heavy atom. The van der Waals surface area contributed by atoms with Gasteiger partial charge in [0.1, 0.15) is 0 Å². The molecule has 0 amide bonds. The molecule has 0 aliphatic rings. The lowest BCUT2D eigenvalue weighted by atomic mass is 9.82. The van der Waals surface area contributed by atoms with Gasteiger partial charge in [0.2, 0.25) is 10.0 Å². The summed E-state index contributed by atoms with van der Waals surface area (Å²) in [5.74, 6) is -0.0544. The summed E-state index contributed by atoms with van der Waals surface area (Å²) in [6.07, 6.45) is 0.759. The van der Waals surface area contributed by atoms with Crippen molar-refractivity contribution in [3.05, 3.63) is 34.9 Å². The minimum atomic E-state index is -3.39. The van der Waals surface area contributed by atoms with Gasteiger partial charge in [0.15, 0.2) is 0 Å². The molecular weight excluding hydrogens is 294 g/mol. The first-order chi connectivity index (χ1) is 8.89. The lowest BCUT2D eigenvalue weighted by Gasteiger charge is -2.33. The minimum absolute atomic E-state index is 0.0544. The average molecular weight is 318 g/mol. The second kappa shape index (κ2) is 6.04. The summed E-state index contributed by atoms with van der Waals surface area (Å²) < 4.78 is 27.3. The summed E-state index contributed by atoms with van der Waals surface area (Å²) in [6.45, 7) is 10.1. The zero-order valence-electron chi connectivity index (χ0n) is 12.8. The van der Waals surface area contributed by atoms with E-state index in [4.69, 9.17) is 11.6 Å². The summed E-state index contributed by atoms with van der Waals surface area (Å²) in [6, 6.07) is 6.93. The molecule has 0 fully saturated rings. The van der Waals surface area contributed by atoms with E-state index < -0.39 is 15.6 Å². The molecule has 1 aromatic rings. The van der Waals surface area contributed by atoms with E-state index in [9.17, 15) is 8.42 Å². The van der Waals surface area contributed by atoms with E-state index in [0.29, 0.717) is 10.6 Å². The summed E-state index contributed by atoms with van der Waals surface area (Å²) in [5.41, 5.74) is 0.272. The fraction of sp³-hybridized carbons (Fsp3) is 0.600. The van der Waals surface area contributed by atoms with Crippen LogP contribution in [0.25, 0.3) is 0 Å². The topological polar surface area (TPSA) is 46.2 Å². The van der Waals surface area contributed by atoms with E-state index in [-0.39, 0.29) is 11.2 Å². The van der Waals surface area contributed by atoms with Crippen LogP contribution in [0.5, 0.6) is 0 Å². The van der Waals surface area contributed by atoms with Crippen LogP contribution in [0.2, 0.25) is 5.02 Å². The monoisotopic (exact) mass is 317 g/mol. The molecule has 0 saturated carbocycles. The molecule has 20 heavy (non-hydrogen) atoms. The van der Waals surface area contributed by atoms with Crippen molar-refractivity contribution in [1.82, 2.24) is 4.72 Å². The van der Waals surface area contributed by atoms with Crippen molar-refractivity contribution >= 4 is 21.6 Å². The third kappa shape index (κ3) is 6.73. The summed E-state index contributed by atoms with van der Waals surface area (Å²) in [4.78, 5) is 0.